The van der Waals surface area contributed by atoms with E-state index in [1.54, 1.807) is 25.3 Å². The molecule has 1 N–H and O–H groups in total. The molecule has 0 aliphatic heterocycles. The lowest BCUT2D eigenvalue weighted by Crippen LogP contribution is -2.09. The van der Waals surface area contributed by atoms with Gasteiger partial charge < -0.3 is 14.6 Å². The number of carbonyl (C=O) groups is 1. The van der Waals surface area contributed by atoms with Gasteiger partial charge in [0.2, 0.25) is 5.95 Å². The van der Waals surface area contributed by atoms with Crippen molar-refractivity contribution >= 4 is 22.8 Å². The Morgan fingerprint density at radius 3 is 2.61 bits per heavy atom. The molecule has 31 heavy (non-hydrogen) atoms. The number of fused-ring (bicyclic) bond motifs is 1. The van der Waals surface area contributed by atoms with E-state index in [0.29, 0.717) is 23.6 Å². The first-order valence-electron chi connectivity index (χ1n) is 10.4. The molecule has 6 heteroatoms. The van der Waals surface area contributed by atoms with Crippen LogP contribution < -0.4 is 10.1 Å². The zero-order valence-electron chi connectivity index (χ0n) is 18.1. The second-order valence-corrected chi connectivity index (χ2v) is 7.77. The third kappa shape index (κ3) is 5.09. The van der Waals surface area contributed by atoms with Crippen molar-refractivity contribution in [2.24, 2.45) is 7.05 Å². The number of pyridine rings is 1. The van der Waals surface area contributed by atoms with Gasteiger partial charge in [-0.1, -0.05) is 29.8 Å². The highest BCUT2D eigenvalue weighted by molar-refractivity contribution is 5.80. The highest BCUT2D eigenvalue weighted by Crippen LogP contribution is 2.27. The summed E-state index contributed by atoms with van der Waals surface area (Å²) in [5.74, 6) is 2.24. The second kappa shape index (κ2) is 9.00. The summed E-state index contributed by atoms with van der Waals surface area (Å²) in [6.45, 7) is 4.45. The molecule has 6 nitrogen and oxygen atoms in total. The Bertz CT molecular complexity index is 1210. The van der Waals surface area contributed by atoms with E-state index in [1.165, 1.54) is 11.1 Å². The molecule has 0 spiro atoms. The van der Waals surface area contributed by atoms with Crippen LogP contribution in [0, 0.1) is 6.92 Å². The van der Waals surface area contributed by atoms with Crippen LogP contribution in [0.25, 0.3) is 11.0 Å². The molecule has 0 saturated carbocycles. The fourth-order valence-electron chi connectivity index (χ4n) is 3.48. The number of aromatic nitrogens is 3. The monoisotopic (exact) mass is 414 g/mol. The molecule has 4 rings (SSSR count). The number of aryl methyl sites for hydroxylation is 2. The van der Waals surface area contributed by atoms with E-state index in [4.69, 9.17) is 9.72 Å². The number of hydrogen-bond acceptors (Lipinski definition) is 5. The number of nitrogens with zero attached hydrogens (tertiary/aromatic N) is 3. The lowest BCUT2D eigenvalue weighted by molar-refractivity contribution is -0.116. The van der Waals surface area contributed by atoms with E-state index in [-0.39, 0.29) is 5.78 Å². The van der Waals surface area contributed by atoms with Gasteiger partial charge in [-0.15, -0.1) is 0 Å². The number of ketones is 1. The van der Waals surface area contributed by atoms with Crippen molar-refractivity contribution in [3.05, 3.63) is 77.6 Å². The standard InChI is InChI=1S/C25H26N4O2/c1-17-4-6-19(7-5-17)10-12-27-25-28-23-16-21(8-9-24(23)29(25)3)31-22-11-13-26-20(15-22)14-18(2)30/h4-9,11,13,15-16H,10,12,14H2,1-3H3,(H,27,28). The topological polar surface area (TPSA) is 69.0 Å². The van der Waals surface area contributed by atoms with Gasteiger partial charge in [-0.2, -0.15) is 0 Å². The van der Waals surface area contributed by atoms with Crippen LogP contribution in [0.2, 0.25) is 0 Å². The van der Waals surface area contributed by atoms with Crippen molar-refractivity contribution in [1.29, 1.82) is 0 Å². The largest absolute Gasteiger partial charge is 0.457 e. The van der Waals surface area contributed by atoms with Crippen LogP contribution in [-0.4, -0.2) is 26.9 Å². The molecule has 4 aromatic rings. The van der Waals surface area contributed by atoms with Gasteiger partial charge >= 0.3 is 0 Å². The van der Waals surface area contributed by atoms with Gasteiger partial charge in [0.25, 0.3) is 0 Å². The number of nitrogens with one attached hydrogen (secondary N) is 1. The van der Waals surface area contributed by atoms with Crippen LogP contribution in [-0.2, 0) is 24.7 Å². The number of hydrogen-bond donors (Lipinski definition) is 1. The summed E-state index contributed by atoms with van der Waals surface area (Å²) in [6, 6.07) is 18.0. The average molecular weight is 415 g/mol. The first-order chi connectivity index (χ1) is 15.0. The smallest absolute Gasteiger partial charge is 0.203 e. The van der Waals surface area contributed by atoms with Gasteiger partial charge in [0.15, 0.2) is 0 Å². The Morgan fingerprint density at radius 2 is 1.84 bits per heavy atom. The Hall–Kier alpha value is -3.67. The summed E-state index contributed by atoms with van der Waals surface area (Å²) in [5, 5.41) is 3.43. The molecule has 158 valence electrons. The van der Waals surface area contributed by atoms with E-state index >= 15 is 0 Å². The lowest BCUT2D eigenvalue weighted by Gasteiger charge is -2.07. The molecule has 0 unspecified atom stereocenters. The molecule has 0 saturated heterocycles. The lowest BCUT2D eigenvalue weighted by atomic mass is 10.1. The maximum absolute atomic E-state index is 11.3. The Kier molecular flexibility index (Phi) is 5.98. The second-order valence-electron chi connectivity index (χ2n) is 7.77. The van der Waals surface area contributed by atoms with E-state index < -0.39 is 0 Å². The quantitative estimate of drug-likeness (QED) is 0.446. The van der Waals surface area contributed by atoms with E-state index in [0.717, 1.165) is 29.9 Å². The van der Waals surface area contributed by atoms with E-state index in [1.807, 2.05) is 29.8 Å². The highest BCUT2D eigenvalue weighted by atomic mass is 16.5. The fourth-order valence-corrected chi connectivity index (χ4v) is 3.48. The van der Waals surface area contributed by atoms with Crippen molar-refractivity contribution in [2.45, 2.75) is 26.7 Å². The maximum atomic E-state index is 11.3. The number of rotatable bonds is 8. The van der Waals surface area contributed by atoms with Gasteiger partial charge in [0.05, 0.1) is 16.7 Å². The van der Waals surface area contributed by atoms with Crippen molar-refractivity contribution in [2.75, 3.05) is 11.9 Å². The summed E-state index contributed by atoms with van der Waals surface area (Å²) in [6.07, 6.45) is 2.89. The van der Waals surface area contributed by atoms with Gasteiger partial charge in [-0.25, -0.2) is 4.98 Å². The molecular formula is C25H26N4O2. The Morgan fingerprint density at radius 1 is 1.06 bits per heavy atom. The van der Waals surface area contributed by atoms with Crippen molar-refractivity contribution in [1.82, 2.24) is 14.5 Å². The van der Waals surface area contributed by atoms with Crippen LogP contribution >= 0.6 is 0 Å². The molecule has 0 fully saturated rings. The van der Waals surface area contributed by atoms with Crippen LogP contribution in [0.5, 0.6) is 11.5 Å². The Labute approximate surface area is 181 Å². The molecule has 0 aliphatic carbocycles. The van der Waals surface area contributed by atoms with E-state index in [2.05, 4.69) is 41.5 Å². The number of ether oxygens (including phenoxy) is 1. The molecule has 0 amide bonds. The average Bonchev–Trinajstić information content (AvgIpc) is 3.04. The molecule has 2 aromatic heterocycles. The number of Topliss-reactive ketones (excluding diaryl/α,β-unsaturated/α-hetero) is 1. The summed E-state index contributed by atoms with van der Waals surface area (Å²) in [4.78, 5) is 20.3. The van der Waals surface area contributed by atoms with Crippen molar-refractivity contribution in [3.63, 3.8) is 0 Å². The minimum absolute atomic E-state index is 0.0713. The van der Waals surface area contributed by atoms with Gasteiger partial charge in [-0.3, -0.25) is 9.78 Å². The molecule has 2 heterocycles. The van der Waals surface area contributed by atoms with Crippen LogP contribution in [0.3, 0.4) is 0 Å². The van der Waals surface area contributed by atoms with Crippen LogP contribution in [0.15, 0.2) is 60.8 Å². The zero-order valence-corrected chi connectivity index (χ0v) is 18.1. The molecule has 0 radical (unpaired) electrons. The molecular weight excluding hydrogens is 388 g/mol. The first kappa shape index (κ1) is 20.6. The fraction of sp³-hybridized carbons (Fsp3) is 0.240. The molecule has 2 aromatic carbocycles. The minimum Gasteiger partial charge on any atom is -0.457 e. The number of anilines is 1. The highest BCUT2D eigenvalue weighted by Gasteiger charge is 2.10. The molecule has 0 aliphatic rings. The number of imidazole rings is 1. The third-order valence-corrected chi connectivity index (χ3v) is 5.12. The first-order valence-corrected chi connectivity index (χ1v) is 10.4. The number of benzene rings is 2. The van der Waals surface area contributed by atoms with Crippen LogP contribution in [0.1, 0.15) is 23.7 Å². The summed E-state index contributed by atoms with van der Waals surface area (Å²) in [7, 11) is 2.00. The summed E-state index contributed by atoms with van der Waals surface area (Å²) < 4.78 is 8.03. The normalized spacial score (nSPS) is 10.9. The molecule has 0 bridgehead atoms. The zero-order chi connectivity index (χ0) is 21.8. The number of carbonyl (C=O) groups excluding carboxylic acids is 1. The third-order valence-electron chi connectivity index (χ3n) is 5.12. The maximum Gasteiger partial charge on any atom is 0.203 e. The van der Waals surface area contributed by atoms with Gasteiger partial charge in [-0.05, 0) is 44.0 Å². The van der Waals surface area contributed by atoms with Gasteiger partial charge in [0.1, 0.15) is 17.3 Å². The molecule has 0 atom stereocenters. The predicted octanol–water partition coefficient (Wildman–Crippen LogP) is 4.86. The van der Waals surface area contributed by atoms with E-state index in [9.17, 15) is 4.79 Å². The van der Waals surface area contributed by atoms with Crippen LogP contribution in [0.4, 0.5) is 5.95 Å². The summed E-state index contributed by atoms with van der Waals surface area (Å²) >= 11 is 0. The SMILES string of the molecule is CC(=O)Cc1cc(Oc2ccc3c(c2)nc(NCCc2ccc(C)cc2)n3C)ccn1. The predicted molar refractivity (Wildman–Crippen MR) is 123 cm³/mol. The summed E-state index contributed by atoms with van der Waals surface area (Å²) in [5.41, 5.74) is 5.15. The van der Waals surface area contributed by atoms with Gasteiger partial charge in [0, 0.05) is 38.3 Å². The minimum atomic E-state index is 0.0713. The van der Waals surface area contributed by atoms with Crippen molar-refractivity contribution in [3.8, 4) is 11.5 Å². The van der Waals surface area contributed by atoms with Crippen molar-refractivity contribution < 1.29 is 9.53 Å². The Balaban J connectivity index is 1.45.